The van der Waals surface area contributed by atoms with Gasteiger partial charge in [-0.2, -0.15) is 0 Å². The van der Waals surface area contributed by atoms with E-state index in [1.807, 2.05) is 47.0 Å². The quantitative estimate of drug-likeness (QED) is 0.577. The lowest BCUT2D eigenvalue weighted by Crippen LogP contribution is -1.97. The van der Waals surface area contributed by atoms with Gasteiger partial charge in [0.1, 0.15) is 17.2 Å². The van der Waals surface area contributed by atoms with E-state index in [-0.39, 0.29) is 6.79 Å². The minimum Gasteiger partial charge on any atom is -0.463 e. The molecule has 4 heterocycles. The summed E-state index contributed by atoms with van der Waals surface area (Å²) in [5.74, 6) is 2.86. The van der Waals surface area contributed by atoms with Gasteiger partial charge in [-0.25, -0.2) is 4.98 Å². The maximum Gasteiger partial charge on any atom is 0.231 e. The van der Waals surface area contributed by atoms with Crippen molar-refractivity contribution in [3.63, 3.8) is 0 Å². The number of imidazole rings is 1. The van der Waals surface area contributed by atoms with E-state index in [4.69, 9.17) is 25.5 Å². The maximum absolute atomic E-state index is 6.17. The van der Waals surface area contributed by atoms with Crippen LogP contribution in [-0.2, 0) is 0 Å². The minimum atomic E-state index is 0.238. The van der Waals surface area contributed by atoms with Gasteiger partial charge in [0.25, 0.3) is 0 Å². The molecule has 0 saturated heterocycles. The summed E-state index contributed by atoms with van der Waals surface area (Å²) in [5, 5.41) is 4.00. The summed E-state index contributed by atoms with van der Waals surface area (Å²) in [6.07, 6.45) is 3.43. The first-order chi connectivity index (χ1) is 12.3. The van der Waals surface area contributed by atoms with Crippen molar-refractivity contribution in [1.29, 1.82) is 0 Å². The van der Waals surface area contributed by atoms with E-state index in [9.17, 15) is 0 Å². The van der Waals surface area contributed by atoms with Crippen LogP contribution in [0.15, 0.2) is 59.3 Å². The van der Waals surface area contributed by atoms with Crippen molar-refractivity contribution in [3.05, 3.63) is 59.9 Å². The van der Waals surface area contributed by atoms with Crippen LogP contribution in [0.2, 0.25) is 5.02 Å². The predicted molar refractivity (Wildman–Crippen MR) is 93.8 cm³/mol. The molecule has 0 fully saturated rings. The fourth-order valence-electron chi connectivity index (χ4n) is 2.83. The number of ether oxygens (including phenoxy) is 2. The van der Waals surface area contributed by atoms with E-state index in [1.54, 1.807) is 12.3 Å². The van der Waals surface area contributed by atoms with Gasteiger partial charge in [-0.1, -0.05) is 11.6 Å². The minimum absolute atomic E-state index is 0.238. The van der Waals surface area contributed by atoms with Gasteiger partial charge in [0.2, 0.25) is 6.79 Å². The molecule has 7 heteroatoms. The second-order valence-electron chi connectivity index (χ2n) is 5.55. The average molecular weight is 354 g/mol. The number of nitrogens with zero attached hydrogens (tertiary/aromatic N) is 2. The zero-order valence-corrected chi connectivity index (χ0v) is 13.7. The Morgan fingerprint density at radius 3 is 2.88 bits per heavy atom. The summed E-state index contributed by atoms with van der Waals surface area (Å²) in [4.78, 5) is 4.66. The normalized spacial score (nSPS) is 12.7. The van der Waals surface area contributed by atoms with Crippen LogP contribution in [0, 0.1) is 0 Å². The molecule has 4 aromatic rings. The van der Waals surface area contributed by atoms with Crippen molar-refractivity contribution in [3.8, 4) is 23.0 Å². The van der Waals surface area contributed by atoms with Crippen LogP contribution in [0.25, 0.3) is 17.1 Å². The fourth-order valence-corrected chi connectivity index (χ4v) is 2.99. The smallest absolute Gasteiger partial charge is 0.231 e. The van der Waals surface area contributed by atoms with Gasteiger partial charge in [-0.05, 0) is 36.4 Å². The maximum atomic E-state index is 6.17. The molecule has 0 unspecified atom stereocenters. The monoisotopic (exact) mass is 353 g/mol. The highest BCUT2D eigenvalue weighted by Crippen LogP contribution is 2.37. The summed E-state index contributed by atoms with van der Waals surface area (Å²) >= 11 is 6.17. The lowest BCUT2D eigenvalue weighted by atomic mass is 10.2. The molecule has 0 aliphatic carbocycles. The topological polar surface area (TPSA) is 60.9 Å². The number of hydrogen-bond acceptors (Lipinski definition) is 5. The van der Waals surface area contributed by atoms with Gasteiger partial charge in [-0.15, -0.1) is 0 Å². The van der Waals surface area contributed by atoms with E-state index in [0.29, 0.717) is 22.2 Å². The van der Waals surface area contributed by atoms with Crippen molar-refractivity contribution in [2.45, 2.75) is 0 Å². The number of fused-ring (bicyclic) bond motifs is 2. The molecule has 0 spiro atoms. The number of hydrogen-bond donors (Lipinski definition) is 1. The molecule has 5 rings (SSSR count). The molecular weight excluding hydrogens is 342 g/mol. The Morgan fingerprint density at radius 2 is 2.00 bits per heavy atom. The molecule has 0 bridgehead atoms. The SMILES string of the molecule is Clc1ccc2nc(-c3ccco3)c(Nc3ccc4c(c3)OCO4)n2c1. The van der Waals surface area contributed by atoms with Gasteiger partial charge in [0.15, 0.2) is 17.3 Å². The zero-order valence-electron chi connectivity index (χ0n) is 12.9. The first kappa shape index (κ1) is 14.2. The van der Waals surface area contributed by atoms with E-state index in [0.717, 1.165) is 22.9 Å². The molecular formula is C18H12ClN3O3. The molecule has 25 heavy (non-hydrogen) atoms. The van der Waals surface area contributed by atoms with Crippen molar-refractivity contribution >= 4 is 28.8 Å². The Kier molecular flexibility index (Phi) is 3.11. The van der Waals surface area contributed by atoms with Crippen molar-refractivity contribution in [2.75, 3.05) is 12.1 Å². The van der Waals surface area contributed by atoms with Crippen LogP contribution in [0.4, 0.5) is 11.5 Å². The highest BCUT2D eigenvalue weighted by atomic mass is 35.5. The fraction of sp³-hybridized carbons (Fsp3) is 0.0556. The van der Waals surface area contributed by atoms with Crippen molar-refractivity contribution < 1.29 is 13.9 Å². The van der Waals surface area contributed by atoms with E-state index >= 15 is 0 Å². The van der Waals surface area contributed by atoms with Gasteiger partial charge in [0.05, 0.1) is 11.3 Å². The van der Waals surface area contributed by atoms with Crippen LogP contribution in [0.1, 0.15) is 0 Å². The first-order valence-corrected chi connectivity index (χ1v) is 8.04. The second-order valence-corrected chi connectivity index (χ2v) is 5.99. The molecule has 1 aliphatic rings. The standard InChI is InChI=1S/C18H12ClN3O3/c19-11-3-6-16-21-17(14-2-1-7-23-14)18(22(16)9-11)20-12-4-5-13-15(8-12)25-10-24-13/h1-9,20H,10H2. The third-order valence-corrected chi connectivity index (χ3v) is 4.20. The second kappa shape index (κ2) is 5.46. The molecule has 6 nitrogen and oxygen atoms in total. The molecule has 0 saturated carbocycles. The Morgan fingerprint density at radius 1 is 1.08 bits per heavy atom. The van der Waals surface area contributed by atoms with Crippen LogP contribution in [0.3, 0.4) is 0 Å². The number of benzene rings is 1. The third kappa shape index (κ3) is 2.38. The number of anilines is 2. The molecule has 1 aromatic carbocycles. The lowest BCUT2D eigenvalue weighted by molar-refractivity contribution is 0.174. The summed E-state index contributed by atoms with van der Waals surface area (Å²) in [6.45, 7) is 0.238. The van der Waals surface area contributed by atoms with Crippen LogP contribution >= 0.6 is 11.6 Å². The number of furan rings is 1. The molecule has 0 atom stereocenters. The van der Waals surface area contributed by atoms with Crippen LogP contribution < -0.4 is 14.8 Å². The van der Waals surface area contributed by atoms with E-state index < -0.39 is 0 Å². The average Bonchev–Trinajstić information content (AvgIpc) is 3.34. The molecule has 0 amide bonds. The number of pyridine rings is 1. The summed E-state index contributed by atoms with van der Waals surface area (Å²) < 4.78 is 18.2. The summed E-state index contributed by atoms with van der Waals surface area (Å²) in [7, 11) is 0. The van der Waals surface area contributed by atoms with Gasteiger partial charge in [-0.3, -0.25) is 4.40 Å². The number of aromatic nitrogens is 2. The van der Waals surface area contributed by atoms with Crippen molar-refractivity contribution in [1.82, 2.24) is 9.38 Å². The number of halogens is 1. The summed E-state index contributed by atoms with van der Waals surface area (Å²) in [6, 6.07) is 13.0. The Balaban J connectivity index is 1.66. The Bertz CT molecular complexity index is 1070. The Hall–Kier alpha value is -3.12. The number of nitrogens with one attached hydrogen (secondary N) is 1. The van der Waals surface area contributed by atoms with Crippen LogP contribution in [-0.4, -0.2) is 16.2 Å². The van der Waals surface area contributed by atoms with Crippen LogP contribution in [0.5, 0.6) is 11.5 Å². The van der Waals surface area contributed by atoms with Gasteiger partial charge < -0.3 is 19.2 Å². The number of rotatable bonds is 3. The summed E-state index contributed by atoms with van der Waals surface area (Å²) in [5.41, 5.74) is 2.31. The highest BCUT2D eigenvalue weighted by molar-refractivity contribution is 6.30. The van der Waals surface area contributed by atoms with E-state index in [2.05, 4.69) is 10.3 Å². The molecule has 1 aliphatic heterocycles. The van der Waals surface area contributed by atoms with Gasteiger partial charge >= 0.3 is 0 Å². The van der Waals surface area contributed by atoms with Crippen molar-refractivity contribution in [2.24, 2.45) is 0 Å². The molecule has 3 aromatic heterocycles. The lowest BCUT2D eigenvalue weighted by Gasteiger charge is -2.09. The zero-order chi connectivity index (χ0) is 16.8. The van der Waals surface area contributed by atoms with E-state index in [1.165, 1.54) is 0 Å². The largest absolute Gasteiger partial charge is 0.463 e. The first-order valence-electron chi connectivity index (χ1n) is 7.66. The van der Waals surface area contributed by atoms with Gasteiger partial charge in [0, 0.05) is 18.0 Å². The molecule has 1 N–H and O–H groups in total. The predicted octanol–water partition coefficient (Wildman–Crippen LogP) is 4.72. The highest BCUT2D eigenvalue weighted by Gasteiger charge is 2.18. The Labute approximate surface area is 147 Å². The molecule has 0 radical (unpaired) electrons. The third-order valence-electron chi connectivity index (χ3n) is 3.97. The molecule has 124 valence electrons.